The first kappa shape index (κ1) is 19.9. The van der Waals surface area contributed by atoms with Crippen LogP contribution < -0.4 is 10.7 Å². The lowest BCUT2D eigenvalue weighted by atomic mass is 10.2. The van der Waals surface area contributed by atoms with E-state index in [0.717, 1.165) is 5.56 Å². The van der Waals surface area contributed by atoms with Gasteiger partial charge >= 0.3 is 0 Å². The van der Waals surface area contributed by atoms with Crippen molar-refractivity contribution in [3.63, 3.8) is 0 Å². The number of rotatable bonds is 6. The number of halogens is 3. The molecule has 0 spiro atoms. The number of anilines is 1. The quantitative estimate of drug-likeness (QED) is 0.634. The molecule has 1 aromatic carbocycles. The highest BCUT2D eigenvalue weighted by molar-refractivity contribution is 8.14. The molecule has 29 heavy (non-hydrogen) atoms. The van der Waals surface area contributed by atoms with Crippen molar-refractivity contribution in [2.45, 2.75) is 31.9 Å². The fourth-order valence-corrected chi connectivity index (χ4v) is 3.99. The van der Waals surface area contributed by atoms with Gasteiger partial charge in [0.25, 0.3) is 6.43 Å². The molecule has 0 aliphatic carbocycles. The number of aryl methyl sites for hydroxylation is 1. The molecule has 0 saturated heterocycles. The van der Waals surface area contributed by atoms with Gasteiger partial charge in [0.05, 0.1) is 13.1 Å². The van der Waals surface area contributed by atoms with Crippen LogP contribution in [-0.2, 0) is 13.1 Å². The molecule has 152 valence electrons. The molecule has 11 heteroatoms. The van der Waals surface area contributed by atoms with Crippen molar-refractivity contribution in [3.05, 3.63) is 64.6 Å². The highest BCUT2D eigenvalue weighted by Gasteiger charge is 2.28. The van der Waals surface area contributed by atoms with E-state index in [-0.39, 0.29) is 12.2 Å². The molecular formula is C18H18ClF2N7S. The topological polar surface area (TPSA) is 77.3 Å². The van der Waals surface area contributed by atoms with Crippen molar-refractivity contribution in [2.24, 2.45) is 10.8 Å². The number of nitrogens with two attached hydrogens (primary N) is 1. The van der Waals surface area contributed by atoms with Crippen molar-refractivity contribution in [1.82, 2.24) is 19.6 Å². The van der Waals surface area contributed by atoms with Crippen LogP contribution in [0.4, 0.5) is 14.6 Å². The monoisotopic (exact) mass is 437 g/mol. The summed E-state index contributed by atoms with van der Waals surface area (Å²) >= 11 is 7.55. The van der Waals surface area contributed by atoms with E-state index in [1.165, 1.54) is 22.5 Å². The highest BCUT2D eigenvalue weighted by Crippen LogP contribution is 2.29. The Morgan fingerprint density at radius 2 is 2.00 bits per heavy atom. The maximum absolute atomic E-state index is 12.8. The molecule has 0 fully saturated rings. The second-order valence-electron chi connectivity index (χ2n) is 6.48. The van der Waals surface area contributed by atoms with Crippen molar-refractivity contribution < 1.29 is 8.78 Å². The van der Waals surface area contributed by atoms with Crippen LogP contribution in [-0.4, -0.2) is 30.1 Å². The Morgan fingerprint density at radius 1 is 1.21 bits per heavy atom. The van der Waals surface area contributed by atoms with Crippen LogP contribution >= 0.6 is 23.4 Å². The minimum Gasteiger partial charge on any atom is -0.301 e. The zero-order valence-corrected chi connectivity index (χ0v) is 17.0. The summed E-state index contributed by atoms with van der Waals surface area (Å²) in [5.74, 6) is 0.595. The Hall–Kier alpha value is -2.43. The second-order valence-corrected chi connectivity index (χ2v) is 8.08. The summed E-state index contributed by atoms with van der Waals surface area (Å²) in [5.41, 5.74) is 7.08. The largest absolute Gasteiger partial charge is 0.301 e. The van der Waals surface area contributed by atoms with Crippen molar-refractivity contribution in [3.8, 4) is 0 Å². The van der Waals surface area contributed by atoms with Crippen LogP contribution in [0, 0.1) is 6.92 Å². The minimum atomic E-state index is -2.60. The molecule has 3 heterocycles. The maximum atomic E-state index is 12.8. The van der Waals surface area contributed by atoms with E-state index in [1.54, 1.807) is 16.6 Å². The van der Waals surface area contributed by atoms with Gasteiger partial charge in [-0.25, -0.2) is 13.8 Å². The summed E-state index contributed by atoms with van der Waals surface area (Å²) in [4.78, 5) is 0. The third kappa shape index (κ3) is 4.29. The Morgan fingerprint density at radius 3 is 2.72 bits per heavy atom. The van der Waals surface area contributed by atoms with Crippen molar-refractivity contribution in [2.75, 3.05) is 5.01 Å². The summed E-state index contributed by atoms with van der Waals surface area (Å²) in [6.07, 6.45) is -0.773. The lowest BCUT2D eigenvalue weighted by Crippen LogP contribution is -2.32. The van der Waals surface area contributed by atoms with Gasteiger partial charge in [-0.1, -0.05) is 41.6 Å². The molecule has 0 radical (unpaired) electrons. The molecule has 2 aromatic heterocycles. The van der Waals surface area contributed by atoms with Gasteiger partial charge in [-0.05, 0) is 24.6 Å². The van der Waals surface area contributed by atoms with Gasteiger partial charge in [-0.2, -0.15) is 15.3 Å². The second kappa shape index (κ2) is 8.13. The Kier molecular flexibility index (Phi) is 5.57. The summed E-state index contributed by atoms with van der Waals surface area (Å²) in [5, 5.41) is 15.9. The Balaban J connectivity index is 1.49. The van der Waals surface area contributed by atoms with E-state index in [9.17, 15) is 8.78 Å². The first-order valence-electron chi connectivity index (χ1n) is 8.79. The SMILES string of the molecule is Cc1cc(C(F)F)nn1CC1=NN(c2ccn(Cc3ccccc3Cl)n2)C(N)S1. The number of thioether (sulfide) groups is 1. The van der Waals surface area contributed by atoms with Crippen LogP contribution in [0.15, 0.2) is 47.7 Å². The molecular weight excluding hydrogens is 420 g/mol. The molecule has 4 rings (SSSR count). The summed E-state index contributed by atoms with van der Waals surface area (Å²) in [6, 6.07) is 10.8. The predicted octanol–water partition coefficient (Wildman–Crippen LogP) is 3.84. The fourth-order valence-electron chi connectivity index (χ4n) is 2.93. The third-order valence-electron chi connectivity index (χ3n) is 4.38. The number of hydrogen-bond acceptors (Lipinski definition) is 6. The summed E-state index contributed by atoms with van der Waals surface area (Å²) in [7, 11) is 0. The smallest absolute Gasteiger partial charge is 0.282 e. The van der Waals surface area contributed by atoms with Crippen molar-refractivity contribution >= 4 is 34.2 Å². The maximum Gasteiger partial charge on any atom is 0.282 e. The van der Waals surface area contributed by atoms with Gasteiger partial charge in [-0.15, -0.1) is 0 Å². The average Bonchev–Trinajstić information content (AvgIpc) is 3.37. The molecule has 3 aromatic rings. The Labute approximate surface area is 175 Å². The van der Waals surface area contributed by atoms with E-state index in [1.807, 2.05) is 36.5 Å². The van der Waals surface area contributed by atoms with Gasteiger partial charge in [0.1, 0.15) is 10.7 Å². The van der Waals surface area contributed by atoms with Gasteiger partial charge in [0.2, 0.25) is 0 Å². The molecule has 0 amide bonds. The number of hydrogen-bond donors (Lipinski definition) is 1. The zero-order valence-electron chi connectivity index (χ0n) is 15.4. The van der Waals surface area contributed by atoms with Gasteiger partial charge in [0.15, 0.2) is 11.3 Å². The normalized spacial score (nSPS) is 16.7. The van der Waals surface area contributed by atoms with E-state index in [0.29, 0.717) is 28.1 Å². The molecule has 1 aliphatic rings. The van der Waals surface area contributed by atoms with Crippen LogP contribution in [0.1, 0.15) is 23.4 Å². The van der Waals surface area contributed by atoms with Gasteiger partial charge < -0.3 is 5.73 Å². The molecule has 2 N–H and O–H groups in total. The average molecular weight is 438 g/mol. The standard InChI is InChI=1S/C18H18ClF2N7S/c1-11-8-14(17(20)21)23-27(11)10-16-25-28(18(22)29-16)15-6-7-26(24-15)9-12-4-2-3-5-13(12)19/h2-8,17-18H,9-10,22H2,1H3. The predicted molar refractivity (Wildman–Crippen MR) is 110 cm³/mol. The third-order valence-corrected chi connectivity index (χ3v) is 5.67. The molecule has 0 bridgehead atoms. The number of nitrogens with zero attached hydrogens (tertiary/aromatic N) is 6. The van der Waals surface area contributed by atoms with E-state index in [2.05, 4.69) is 15.3 Å². The number of hydrazone groups is 1. The lowest BCUT2D eigenvalue weighted by molar-refractivity contribution is 0.145. The lowest BCUT2D eigenvalue weighted by Gasteiger charge is -2.15. The van der Waals surface area contributed by atoms with Crippen LogP contribution in [0.5, 0.6) is 0 Å². The number of benzene rings is 1. The molecule has 1 atom stereocenters. The van der Waals surface area contributed by atoms with E-state index >= 15 is 0 Å². The van der Waals surface area contributed by atoms with Crippen molar-refractivity contribution in [1.29, 1.82) is 0 Å². The number of aromatic nitrogens is 4. The highest BCUT2D eigenvalue weighted by atomic mass is 35.5. The Bertz CT molecular complexity index is 1050. The van der Waals surface area contributed by atoms with Crippen LogP contribution in [0.25, 0.3) is 0 Å². The molecule has 1 aliphatic heterocycles. The molecule has 0 saturated carbocycles. The minimum absolute atomic E-state index is 0.245. The first-order valence-corrected chi connectivity index (χ1v) is 10.0. The van der Waals surface area contributed by atoms with Gasteiger partial charge in [-0.3, -0.25) is 9.36 Å². The first-order chi connectivity index (χ1) is 13.9. The zero-order chi connectivity index (χ0) is 20.5. The van der Waals surface area contributed by atoms with E-state index < -0.39 is 11.9 Å². The van der Waals surface area contributed by atoms with Gasteiger partial charge in [0, 0.05) is 23.0 Å². The fraction of sp³-hybridized carbons (Fsp3) is 0.278. The molecule has 7 nitrogen and oxygen atoms in total. The molecule has 1 unspecified atom stereocenters. The van der Waals surface area contributed by atoms with Crippen LogP contribution in [0.2, 0.25) is 5.02 Å². The van der Waals surface area contributed by atoms with E-state index in [4.69, 9.17) is 17.3 Å². The summed E-state index contributed by atoms with van der Waals surface area (Å²) < 4.78 is 28.9. The number of alkyl halides is 2. The van der Waals surface area contributed by atoms with Crippen LogP contribution in [0.3, 0.4) is 0 Å². The summed E-state index contributed by atoms with van der Waals surface area (Å²) in [6.45, 7) is 2.52.